The third kappa shape index (κ3) is 3.72. The molecule has 2 aromatic carbocycles. The highest BCUT2D eigenvalue weighted by Crippen LogP contribution is 2.39. The Bertz CT molecular complexity index is 1250. The second-order valence-corrected chi connectivity index (χ2v) is 7.75. The second-order valence-electron chi connectivity index (χ2n) is 7.34. The molecule has 0 bridgehead atoms. The van der Waals surface area contributed by atoms with Crippen molar-refractivity contribution in [3.8, 4) is 39.9 Å². The van der Waals surface area contributed by atoms with Gasteiger partial charge in [0.25, 0.3) is 11.8 Å². The summed E-state index contributed by atoms with van der Waals surface area (Å²) in [4.78, 5) is 2.26. The number of ether oxygens (including phenoxy) is 2. The summed E-state index contributed by atoms with van der Waals surface area (Å²) in [5.74, 6) is 1.85. The van der Waals surface area contributed by atoms with Crippen LogP contribution in [0.2, 0.25) is 5.02 Å². The number of nitrogens with zero attached hydrogens (tertiary/aromatic N) is 4. The van der Waals surface area contributed by atoms with Crippen LogP contribution in [0.15, 0.2) is 51.4 Å². The first-order chi connectivity index (χ1) is 15.7. The van der Waals surface area contributed by atoms with E-state index in [1.165, 1.54) is 0 Å². The first-order valence-electron chi connectivity index (χ1n) is 10.2. The predicted octanol–water partition coefficient (Wildman–Crippen LogP) is 4.87. The lowest BCUT2D eigenvalue weighted by atomic mass is 10.1. The highest BCUT2D eigenvalue weighted by Gasteiger charge is 2.25. The Morgan fingerprint density at radius 2 is 1.78 bits per heavy atom. The van der Waals surface area contributed by atoms with Gasteiger partial charge in [-0.25, -0.2) is 0 Å². The molecule has 0 unspecified atom stereocenters. The van der Waals surface area contributed by atoms with Crippen LogP contribution in [0, 0.1) is 6.92 Å². The molecular formula is C23H21ClN4O4. The molecule has 0 saturated carbocycles. The van der Waals surface area contributed by atoms with Crippen LogP contribution >= 0.6 is 11.6 Å². The minimum Gasteiger partial charge on any atom is -0.496 e. The van der Waals surface area contributed by atoms with Crippen molar-refractivity contribution in [2.24, 2.45) is 0 Å². The summed E-state index contributed by atoms with van der Waals surface area (Å²) >= 11 is 6.37. The van der Waals surface area contributed by atoms with Gasteiger partial charge in [0.2, 0.25) is 0 Å². The van der Waals surface area contributed by atoms with Gasteiger partial charge in [0.1, 0.15) is 22.8 Å². The Labute approximate surface area is 189 Å². The molecule has 8 nitrogen and oxygen atoms in total. The van der Waals surface area contributed by atoms with Crippen molar-refractivity contribution in [1.82, 2.24) is 15.4 Å². The van der Waals surface area contributed by atoms with Crippen LogP contribution in [0.5, 0.6) is 5.75 Å². The fraction of sp³-hybridized carbons (Fsp3) is 0.261. The molecule has 0 N–H and O–H groups in total. The minimum atomic E-state index is 0.299. The summed E-state index contributed by atoms with van der Waals surface area (Å²) < 4.78 is 22.5. The maximum atomic E-state index is 6.37. The van der Waals surface area contributed by atoms with Crippen molar-refractivity contribution in [2.75, 3.05) is 38.3 Å². The van der Waals surface area contributed by atoms with E-state index in [-0.39, 0.29) is 0 Å². The Balaban J connectivity index is 1.51. The first kappa shape index (κ1) is 20.5. The molecule has 164 valence electrons. The van der Waals surface area contributed by atoms with Crippen molar-refractivity contribution >= 4 is 17.3 Å². The smallest absolute Gasteiger partial charge is 0.254 e. The molecule has 1 saturated heterocycles. The van der Waals surface area contributed by atoms with Crippen LogP contribution < -0.4 is 9.64 Å². The summed E-state index contributed by atoms with van der Waals surface area (Å²) in [6.07, 6.45) is 0. The van der Waals surface area contributed by atoms with E-state index in [1.54, 1.807) is 20.1 Å². The van der Waals surface area contributed by atoms with Gasteiger partial charge in [0, 0.05) is 30.4 Å². The van der Waals surface area contributed by atoms with E-state index < -0.39 is 0 Å². The average molecular weight is 453 g/mol. The largest absolute Gasteiger partial charge is 0.496 e. The van der Waals surface area contributed by atoms with Crippen molar-refractivity contribution in [2.45, 2.75) is 6.92 Å². The summed E-state index contributed by atoms with van der Waals surface area (Å²) in [7, 11) is 1.62. The van der Waals surface area contributed by atoms with E-state index in [4.69, 9.17) is 30.0 Å². The van der Waals surface area contributed by atoms with E-state index in [0.717, 1.165) is 24.3 Å². The number of hydrogen-bond acceptors (Lipinski definition) is 8. The van der Waals surface area contributed by atoms with E-state index >= 15 is 0 Å². The normalized spacial score (nSPS) is 14.0. The first-order valence-corrected chi connectivity index (χ1v) is 10.6. The SMILES string of the molecule is COc1cc(N2CCOCC2)ccc1-c1nnc(-c2c(-c3ccccc3Cl)noc2C)o1. The highest BCUT2D eigenvalue weighted by atomic mass is 35.5. The van der Waals surface area contributed by atoms with Crippen molar-refractivity contribution in [3.05, 3.63) is 53.2 Å². The Kier molecular flexibility index (Phi) is 5.55. The maximum Gasteiger partial charge on any atom is 0.254 e. The summed E-state index contributed by atoms with van der Waals surface area (Å²) in [6, 6.07) is 13.3. The van der Waals surface area contributed by atoms with Crippen LogP contribution in [0.4, 0.5) is 5.69 Å². The topological polar surface area (TPSA) is 86.7 Å². The van der Waals surface area contributed by atoms with Gasteiger partial charge < -0.3 is 23.3 Å². The zero-order chi connectivity index (χ0) is 22.1. The van der Waals surface area contributed by atoms with Crippen LogP contribution in [0.3, 0.4) is 0 Å². The predicted molar refractivity (Wildman–Crippen MR) is 120 cm³/mol. The molecule has 1 aliphatic heterocycles. The van der Waals surface area contributed by atoms with Gasteiger partial charge in [0.15, 0.2) is 0 Å². The maximum absolute atomic E-state index is 6.37. The number of rotatable bonds is 5. The fourth-order valence-corrected chi connectivity index (χ4v) is 3.99. The molecule has 1 fully saturated rings. The van der Waals surface area contributed by atoms with Gasteiger partial charge in [-0.3, -0.25) is 0 Å². The van der Waals surface area contributed by atoms with Crippen molar-refractivity contribution in [3.63, 3.8) is 0 Å². The molecular weight excluding hydrogens is 432 g/mol. The summed E-state index contributed by atoms with van der Waals surface area (Å²) in [5, 5.41) is 13.2. The summed E-state index contributed by atoms with van der Waals surface area (Å²) in [5.41, 5.74) is 3.66. The van der Waals surface area contributed by atoms with Crippen molar-refractivity contribution in [1.29, 1.82) is 0 Å². The molecule has 32 heavy (non-hydrogen) atoms. The van der Waals surface area contributed by atoms with E-state index in [9.17, 15) is 0 Å². The Morgan fingerprint density at radius 3 is 2.56 bits per heavy atom. The number of morpholine rings is 1. The zero-order valence-corrected chi connectivity index (χ0v) is 18.4. The lowest BCUT2D eigenvalue weighted by Crippen LogP contribution is -2.36. The Hall–Kier alpha value is -3.36. The molecule has 0 amide bonds. The standard InChI is InChI=1S/C23H21ClN4O4/c1-14-20(21(27-32-14)16-5-3-4-6-18(16)24)23-26-25-22(31-23)17-8-7-15(13-19(17)29-2)28-9-11-30-12-10-28/h3-8,13H,9-12H2,1-2H3. The fourth-order valence-electron chi connectivity index (χ4n) is 3.77. The number of halogens is 1. The molecule has 0 radical (unpaired) electrons. The van der Waals surface area contributed by atoms with E-state index in [2.05, 4.69) is 20.3 Å². The summed E-state index contributed by atoms with van der Waals surface area (Å²) in [6.45, 7) is 4.89. The van der Waals surface area contributed by atoms with Crippen molar-refractivity contribution < 1.29 is 18.4 Å². The van der Waals surface area contributed by atoms with E-state index in [1.807, 2.05) is 36.4 Å². The molecule has 1 aliphatic rings. The van der Waals surface area contributed by atoms with E-state index in [0.29, 0.717) is 58.3 Å². The molecule has 0 aliphatic carbocycles. The van der Waals surface area contributed by atoms with Crippen LogP contribution in [-0.2, 0) is 4.74 Å². The van der Waals surface area contributed by atoms with Gasteiger partial charge in [-0.1, -0.05) is 35.0 Å². The Morgan fingerprint density at radius 1 is 1.00 bits per heavy atom. The molecule has 2 aromatic heterocycles. The number of hydrogen-bond donors (Lipinski definition) is 0. The third-order valence-corrected chi connectivity index (χ3v) is 5.75. The zero-order valence-electron chi connectivity index (χ0n) is 17.7. The molecule has 4 aromatic rings. The molecule has 5 rings (SSSR count). The quantitative estimate of drug-likeness (QED) is 0.424. The lowest BCUT2D eigenvalue weighted by molar-refractivity contribution is 0.122. The third-order valence-electron chi connectivity index (χ3n) is 5.42. The number of methoxy groups -OCH3 is 1. The second kappa shape index (κ2) is 8.64. The number of aryl methyl sites for hydroxylation is 1. The van der Waals surface area contributed by atoms with Crippen LogP contribution in [0.25, 0.3) is 34.2 Å². The van der Waals surface area contributed by atoms with Gasteiger partial charge in [-0.05, 0) is 25.1 Å². The van der Waals surface area contributed by atoms with Gasteiger partial charge in [-0.2, -0.15) is 0 Å². The van der Waals surface area contributed by atoms with Gasteiger partial charge >= 0.3 is 0 Å². The molecule has 0 atom stereocenters. The minimum absolute atomic E-state index is 0.299. The molecule has 0 spiro atoms. The van der Waals surface area contributed by atoms with Gasteiger partial charge in [0.05, 0.1) is 30.9 Å². The lowest BCUT2D eigenvalue weighted by Gasteiger charge is -2.29. The highest BCUT2D eigenvalue weighted by molar-refractivity contribution is 6.33. The monoisotopic (exact) mass is 452 g/mol. The number of aromatic nitrogens is 3. The van der Waals surface area contributed by atoms with Gasteiger partial charge in [-0.15, -0.1) is 10.2 Å². The number of benzene rings is 2. The van der Waals surface area contributed by atoms with Crippen LogP contribution in [0.1, 0.15) is 5.76 Å². The molecule has 3 heterocycles. The molecule has 9 heteroatoms. The average Bonchev–Trinajstić information content (AvgIpc) is 3.46. The number of anilines is 1. The van der Waals surface area contributed by atoms with Crippen LogP contribution in [-0.4, -0.2) is 48.8 Å².